The number of carbonyl (C=O) groups excluding carboxylic acids is 1. The zero-order valence-electron chi connectivity index (χ0n) is 19.5. The van der Waals surface area contributed by atoms with E-state index in [2.05, 4.69) is 60.1 Å². The minimum absolute atomic E-state index is 0.248. The third-order valence-corrected chi connectivity index (χ3v) is 5.78. The Morgan fingerprint density at radius 1 is 1.03 bits per heavy atom. The van der Waals surface area contributed by atoms with Crippen LogP contribution in [0.5, 0.6) is 0 Å². The van der Waals surface area contributed by atoms with Gasteiger partial charge in [-0.25, -0.2) is 0 Å². The van der Waals surface area contributed by atoms with Gasteiger partial charge in [-0.05, 0) is 55.5 Å². The summed E-state index contributed by atoms with van der Waals surface area (Å²) >= 11 is 0. The van der Waals surface area contributed by atoms with E-state index in [0.717, 1.165) is 58.5 Å². The van der Waals surface area contributed by atoms with E-state index in [1.54, 1.807) is 17.1 Å². The van der Waals surface area contributed by atoms with Gasteiger partial charge in [0.1, 0.15) is 0 Å². The van der Waals surface area contributed by atoms with Crippen molar-refractivity contribution in [3.8, 4) is 11.3 Å². The molecule has 5 aromatic rings. The summed E-state index contributed by atoms with van der Waals surface area (Å²) in [5, 5.41) is 20.7. The van der Waals surface area contributed by atoms with E-state index in [0.29, 0.717) is 18.8 Å². The maximum Gasteiger partial charge on any atom is 0.273 e. The molecule has 4 aromatic heterocycles. The number of hydrogen-bond acceptors (Lipinski definition) is 6. The molecule has 35 heavy (non-hydrogen) atoms. The highest BCUT2D eigenvalue weighted by Crippen LogP contribution is 2.23. The Labute approximate surface area is 202 Å². The van der Waals surface area contributed by atoms with Gasteiger partial charge in [0.15, 0.2) is 11.3 Å². The lowest BCUT2D eigenvalue weighted by molar-refractivity contribution is 0.0946. The molecule has 0 saturated heterocycles. The van der Waals surface area contributed by atoms with Crippen molar-refractivity contribution in [2.45, 2.75) is 39.3 Å². The number of aromatic amines is 1. The van der Waals surface area contributed by atoms with E-state index in [1.165, 1.54) is 0 Å². The molecule has 9 nitrogen and oxygen atoms in total. The van der Waals surface area contributed by atoms with Crippen LogP contribution in [0.2, 0.25) is 0 Å². The number of nitrogens with one attached hydrogen (secondary N) is 2. The van der Waals surface area contributed by atoms with Crippen LogP contribution in [-0.2, 0) is 19.5 Å². The SMILES string of the molecule is Cc1ccc(CNC(=O)c2cn(CCCCc3cc4cc(-c5ccccc5)[nH]c4nn3)nn2)cn1. The molecule has 4 heterocycles. The lowest BCUT2D eigenvalue weighted by Crippen LogP contribution is -2.23. The van der Waals surface area contributed by atoms with Crippen LogP contribution in [0.15, 0.2) is 67.0 Å². The quantitative estimate of drug-likeness (QED) is 0.319. The molecule has 0 radical (unpaired) electrons. The monoisotopic (exact) mass is 466 g/mol. The van der Waals surface area contributed by atoms with Crippen molar-refractivity contribution in [3.05, 3.63) is 89.6 Å². The minimum atomic E-state index is -0.248. The summed E-state index contributed by atoms with van der Waals surface area (Å²) < 4.78 is 1.70. The van der Waals surface area contributed by atoms with Gasteiger partial charge in [0, 0.05) is 36.1 Å². The molecule has 0 spiro atoms. The summed E-state index contributed by atoms with van der Waals surface area (Å²) in [6, 6.07) is 18.2. The second-order valence-electron chi connectivity index (χ2n) is 8.50. The second-order valence-corrected chi connectivity index (χ2v) is 8.50. The Kier molecular flexibility index (Phi) is 6.56. The van der Waals surface area contributed by atoms with E-state index < -0.39 is 0 Å². The first kappa shape index (κ1) is 22.4. The number of carbonyl (C=O) groups is 1. The molecule has 1 amide bonds. The highest BCUT2D eigenvalue weighted by atomic mass is 16.2. The van der Waals surface area contributed by atoms with Crippen LogP contribution in [0.25, 0.3) is 22.3 Å². The molecular weight excluding hydrogens is 440 g/mol. The first-order valence-electron chi connectivity index (χ1n) is 11.6. The average molecular weight is 467 g/mol. The van der Waals surface area contributed by atoms with Gasteiger partial charge in [-0.15, -0.1) is 10.2 Å². The van der Waals surface area contributed by atoms with Gasteiger partial charge in [0.25, 0.3) is 5.91 Å². The van der Waals surface area contributed by atoms with E-state index in [-0.39, 0.29) is 5.91 Å². The molecule has 0 aliphatic heterocycles. The predicted molar refractivity (Wildman–Crippen MR) is 132 cm³/mol. The first-order chi connectivity index (χ1) is 17.1. The lowest BCUT2D eigenvalue weighted by Gasteiger charge is -2.03. The molecular formula is C26H26N8O. The van der Waals surface area contributed by atoms with Gasteiger partial charge in [-0.2, -0.15) is 5.10 Å². The van der Waals surface area contributed by atoms with Crippen LogP contribution in [0.3, 0.4) is 0 Å². The largest absolute Gasteiger partial charge is 0.346 e. The summed E-state index contributed by atoms with van der Waals surface area (Å²) in [5.41, 5.74) is 6.10. The Balaban J connectivity index is 1.10. The summed E-state index contributed by atoms with van der Waals surface area (Å²) in [5.74, 6) is -0.248. The minimum Gasteiger partial charge on any atom is -0.346 e. The van der Waals surface area contributed by atoms with Crippen molar-refractivity contribution in [2.24, 2.45) is 0 Å². The van der Waals surface area contributed by atoms with E-state index in [1.807, 2.05) is 37.3 Å². The molecule has 176 valence electrons. The molecule has 0 aliphatic carbocycles. The number of hydrogen-bond donors (Lipinski definition) is 2. The first-order valence-corrected chi connectivity index (χ1v) is 11.6. The van der Waals surface area contributed by atoms with Crippen LogP contribution in [0.1, 0.15) is 40.3 Å². The maximum absolute atomic E-state index is 12.3. The lowest BCUT2D eigenvalue weighted by atomic mass is 10.1. The molecule has 0 unspecified atom stereocenters. The van der Waals surface area contributed by atoms with Crippen molar-refractivity contribution < 1.29 is 4.79 Å². The number of rotatable bonds is 9. The zero-order chi connectivity index (χ0) is 24.0. The Hall–Kier alpha value is -4.40. The van der Waals surface area contributed by atoms with Gasteiger partial charge in [-0.3, -0.25) is 14.5 Å². The normalized spacial score (nSPS) is 11.1. The van der Waals surface area contributed by atoms with Crippen molar-refractivity contribution in [2.75, 3.05) is 0 Å². The van der Waals surface area contributed by atoms with Gasteiger partial charge in [0.05, 0.1) is 11.9 Å². The Morgan fingerprint density at radius 2 is 1.91 bits per heavy atom. The molecule has 5 rings (SSSR count). The van der Waals surface area contributed by atoms with Crippen LogP contribution in [0.4, 0.5) is 0 Å². The average Bonchev–Trinajstić information content (AvgIpc) is 3.54. The molecule has 0 bridgehead atoms. The number of benzene rings is 1. The summed E-state index contributed by atoms with van der Waals surface area (Å²) in [4.78, 5) is 19.9. The van der Waals surface area contributed by atoms with Gasteiger partial charge in [0.2, 0.25) is 0 Å². The standard InChI is InChI=1S/C26H26N8O/c1-18-10-11-19(15-27-18)16-28-26(35)24-17-34(33-31-24)12-6-5-9-22-13-21-14-23(29-25(21)32-30-22)20-7-3-2-4-8-20/h2-4,7-8,10-11,13-15,17H,5-6,9,12,16H2,1H3,(H,28,35)(H,29,32). The number of pyridine rings is 1. The van der Waals surface area contributed by atoms with Crippen LogP contribution < -0.4 is 5.32 Å². The number of nitrogens with zero attached hydrogens (tertiary/aromatic N) is 6. The molecule has 2 N–H and O–H groups in total. The molecule has 0 fully saturated rings. The van der Waals surface area contributed by atoms with Crippen LogP contribution in [-0.4, -0.2) is 41.1 Å². The molecule has 1 aromatic carbocycles. The topological polar surface area (TPSA) is 114 Å². The predicted octanol–water partition coefficient (Wildman–Crippen LogP) is 3.87. The van der Waals surface area contributed by atoms with Gasteiger partial charge in [-0.1, -0.05) is 41.6 Å². The van der Waals surface area contributed by atoms with Crippen molar-refractivity contribution >= 4 is 16.9 Å². The van der Waals surface area contributed by atoms with Crippen molar-refractivity contribution in [3.63, 3.8) is 0 Å². The van der Waals surface area contributed by atoms with E-state index >= 15 is 0 Å². The fourth-order valence-electron chi connectivity index (χ4n) is 3.84. The van der Waals surface area contributed by atoms with Crippen LogP contribution >= 0.6 is 0 Å². The molecule has 0 atom stereocenters. The third kappa shape index (κ3) is 5.57. The summed E-state index contributed by atoms with van der Waals surface area (Å²) in [7, 11) is 0. The number of aryl methyl sites for hydroxylation is 3. The second kappa shape index (κ2) is 10.3. The number of aromatic nitrogens is 7. The van der Waals surface area contributed by atoms with Crippen molar-refractivity contribution in [1.82, 2.24) is 40.5 Å². The Morgan fingerprint density at radius 3 is 2.74 bits per heavy atom. The third-order valence-electron chi connectivity index (χ3n) is 5.78. The fraction of sp³-hybridized carbons (Fsp3) is 0.231. The maximum atomic E-state index is 12.3. The number of unbranched alkanes of at least 4 members (excludes halogenated alkanes) is 1. The fourth-order valence-corrected chi connectivity index (χ4v) is 3.84. The Bertz CT molecular complexity index is 1420. The summed E-state index contributed by atoms with van der Waals surface area (Å²) in [6.07, 6.45) is 6.08. The molecule has 0 saturated carbocycles. The zero-order valence-corrected chi connectivity index (χ0v) is 19.5. The van der Waals surface area contributed by atoms with E-state index in [4.69, 9.17) is 0 Å². The van der Waals surface area contributed by atoms with Crippen molar-refractivity contribution in [1.29, 1.82) is 0 Å². The van der Waals surface area contributed by atoms with Gasteiger partial charge >= 0.3 is 0 Å². The highest BCUT2D eigenvalue weighted by Gasteiger charge is 2.11. The van der Waals surface area contributed by atoms with Crippen LogP contribution in [0, 0.1) is 6.92 Å². The van der Waals surface area contributed by atoms with Gasteiger partial charge < -0.3 is 10.3 Å². The van der Waals surface area contributed by atoms with E-state index in [9.17, 15) is 4.79 Å². The highest BCUT2D eigenvalue weighted by molar-refractivity contribution is 5.91. The number of amides is 1. The molecule has 9 heteroatoms. The summed E-state index contributed by atoms with van der Waals surface area (Å²) in [6.45, 7) is 3.01. The molecule has 0 aliphatic rings. The smallest absolute Gasteiger partial charge is 0.273 e. The number of H-pyrrole nitrogens is 1. The number of fused-ring (bicyclic) bond motifs is 1.